The average molecular weight is 328 g/mol. The Morgan fingerprint density at radius 2 is 1.05 bits per heavy atom. The third-order valence-corrected chi connectivity index (χ3v) is 2.08. The van der Waals surface area contributed by atoms with Crippen molar-refractivity contribution in [2.75, 3.05) is 0 Å². The summed E-state index contributed by atoms with van der Waals surface area (Å²) >= 11 is 1.36. The number of amides is 2. The van der Waals surface area contributed by atoms with Crippen LogP contribution in [0.4, 0.5) is 9.59 Å². The van der Waals surface area contributed by atoms with E-state index >= 15 is 0 Å². The van der Waals surface area contributed by atoms with Gasteiger partial charge in [0.1, 0.15) is 33.4 Å². The quantitative estimate of drug-likeness (QED) is 0.344. The lowest BCUT2D eigenvalue weighted by molar-refractivity contribution is 0.0310. The van der Waals surface area contributed by atoms with E-state index in [1.807, 2.05) is 11.0 Å². The second kappa shape index (κ2) is 8.45. The molecule has 0 unspecified atom stereocenters. The minimum absolute atomic E-state index is 0.611. The number of rotatable bonds is 5. The van der Waals surface area contributed by atoms with Gasteiger partial charge in [-0.2, -0.15) is 19.5 Å². The SMILES string of the molecule is CC(C)(C)OC(=O)NOSSONC(=O)OC(C)(C)C. The predicted molar refractivity (Wildman–Crippen MR) is 76.1 cm³/mol. The second-order valence-electron chi connectivity index (χ2n) is 5.51. The molecule has 0 aliphatic rings. The van der Waals surface area contributed by atoms with Gasteiger partial charge < -0.3 is 9.47 Å². The van der Waals surface area contributed by atoms with Crippen LogP contribution in [0.15, 0.2) is 0 Å². The van der Waals surface area contributed by atoms with Crippen LogP contribution in [0, 0.1) is 0 Å². The van der Waals surface area contributed by atoms with Crippen LogP contribution in [0.2, 0.25) is 0 Å². The molecule has 0 rings (SSSR count). The van der Waals surface area contributed by atoms with Crippen molar-refractivity contribution in [1.82, 2.24) is 11.0 Å². The van der Waals surface area contributed by atoms with Gasteiger partial charge in [0.15, 0.2) is 0 Å². The Bertz CT molecular complexity index is 295. The highest BCUT2D eigenvalue weighted by Crippen LogP contribution is 2.21. The lowest BCUT2D eigenvalue weighted by Crippen LogP contribution is -2.31. The summed E-state index contributed by atoms with van der Waals surface area (Å²) < 4.78 is 19.1. The molecule has 0 aliphatic carbocycles. The summed E-state index contributed by atoms with van der Waals surface area (Å²) in [6.07, 6.45) is -1.46. The first kappa shape index (κ1) is 19.2. The molecule has 0 saturated heterocycles. The van der Waals surface area contributed by atoms with E-state index in [9.17, 15) is 9.59 Å². The van der Waals surface area contributed by atoms with Crippen molar-refractivity contribution in [3.63, 3.8) is 0 Å². The Labute approximate surface area is 126 Å². The van der Waals surface area contributed by atoms with Gasteiger partial charge in [0.05, 0.1) is 0 Å². The van der Waals surface area contributed by atoms with Crippen molar-refractivity contribution < 1.29 is 27.6 Å². The van der Waals surface area contributed by atoms with Crippen molar-refractivity contribution >= 4 is 34.3 Å². The Morgan fingerprint density at radius 3 is 1.30 bits per heavy atom. The fraction of sp³-hybridized carbons (Fsp3) is 0.800. The molecule has 0 spiro atoms. The van der Waals surface area contributed by atoms with E-state index in [2.05, 4.69) is 8.57 Å². The van der Waals surface area contributed by atoms with Gasteiger partial charge in [-0.1, -0.05) is 0 Å². The lowest BCUT2D eigenvalue weighted by Gasteiger charge is -2.19. The van der Waals surface area contributed by atoms with Gasteiger partial charge in [-0.25, -0.2) is 9.59 Å². The molecule has 0 aromatic heterocycles. The largest absolute Gasteiger partial charge is 0.442 e. The molecule has 0 fully saturated rings. The maximum atomic E-state index is 11.1. The van der Waals surface area contributed by atoms with E-state index in [4.69, 9.17) is 9.47 Å². The van der Waals surface area contributed by atoms with Crippen LogP contribution in [0.5, 0.6) is 0 Å². The van der Waals surface area contributed by atoms with Gasteiger partial charge in [0.2, 0.25) is 0 Å². The van der Waals surface area contributed by atoms with Gasteiger partial charge >= 0.3 is 12.2 Å². The Hall–Kier alpha value is -0.840. The highest BCUT2D eigenvalue weighted by molar-refractivity contribution is 8.73. The van der Waals surface area contributed by atoms with Crippen LogP contribution < -0.4 is 11.0 Å². The normalized spacial score (nSPS) is 11.7. The Kier molecular flexibility index (Phi) is 8.09. The molecule has 0 saturated carbocycles. The number of carbonyl (C=O) groups is 2. The van der Waals surface area contributed by atoms with Crippen LogP contribution in [0.3, 0.4) is 0 Å². The lowest BCUT2D eigenvalue weighted by atomic mass is 10.2. The first-order valence-corrected chi connectivity index (χ1v) is 7.63. The van der Waals surface area contributed by atoms with Crippen molar-refractivity contribution in [3.8, 4) is 0 Å². The Morgan fingerprint density at radius 1 is 0.750 bits per heavy atom. The van der Waals surface area contributed by atoms with Gasteiger partial charge in [0, 0.05) is 0 Å². The molecule has 20 heavy (non-hydrogen) atoms. The monoisotopic (exact) mass is 328 g/mol. The van der Waals surface area contributed by atoms with Crippen LogP contribution in [-0.2, 0) is 18.0 Å². The first-order valence-electron chi connectivity index (χ1n) is 5.63. The number of nitrogens with one attached hydrogen (secondary N) is 2. The summed E-state index contributed by atoms with van der Waals surface area (Å²) in [6.45, 7) is 10.3. The number of hydroxylamine groups is 2. The number of hydrogen-bond acceptors (Lipinski definition) is 8. The fourth-order valence-electron chi connectivity index (χ4n) is 0.728. The van der Waals surface area contributed by atoms with Crippen molar-refractivity contribution in [1.29, 1.82) is 0 Å². The molecule has 0 aromatic rings. The smallest absolute Gasteiger partial charge is 0.432 e. The van der Waals surface area contributed by atoms with E-state index in [1.54, 1.807) is 41.5 Å². The molecule has 0 bridgehead atoms. The zero-order valence-corrected chi connectivity index (χ0v) is 13.9. The first-order chi connectivity index (χ1) is 8.99. The van der Waals surface area contributed by atoms with Crippen molar-refractivity contribution in [3.05, 3.63) is 0 Å². The summed E-state index contributed by atoms with van der Waals surface area (Å²) in [5.74, 6) is 0. The minimum Gasteiger partial charge on any atom is -0.442 e. The molecule has 0 aromatic carbocycles. The van der Waals surface area contributed by atoms with Crippen LogP contribution in [0.1, 0.15) is 41.5 Å². The van der Waals surface area contributed by atoms with Crippen LogP contribution in [0.25, 0.3) is 0 Å². The molecule has 0 atom stereocenters. The van der Waals surface area contributed by atoms with Gasteiger partial charge in [-0.3, -0.25) is 0 Å². The summed E-state index contributed by atoms with van der Waals surface area (Å²) in [4.78, 5) is 22.3. The molecular weight excluding hydrogens is 308 g/mol. The summed E-state index contributed by atoms with van der Waals surface area (Å²) in [7, 11) is 0. The highest BCUT2D eigenvalue weighted by Gasteiger charge is 2.17. The van der Waals surface area contributed by atoms with Crippen LogP contribution >= 0.6 is 22.1 Å². The van der Waals surface area contributed by atoms with E-state index in [0.29, 0.717) is 22.1 Å². The molecule has 0 aliphatic heterocycles. The average Bonchev–Trinajstić information content (AvgIpc) is 2.17. The molecule has 2 amide bonds. The van der Waals surface area contributed by atoms with Gasteiger partial charge in [-0.15, -0.1) is 0 Å². The molecule has 10 heteroatoms. The second-order valence-corrected chi connectivity index (χ2v) is 6.93. The third kappa shape index (κ3) is 13.6. The zero-order chi connectivity index (χ0) is 15.8. The fourth-order valence-corrected chi connectivity index (χ4v) is 1.36. The van der Waals surface area contributed by atoms with E-state index in [1.165, 1.54) is 0 Å². The zero-order valence-electron chi connectivity index (χ0n) is 12.3. The van der Waals surface area contributed by atoms with Crippen molar-refractivity contribution in [2.24, 2.45) is 0 Å². The molecule has 118 valence electrons. The van der Waals surface area contributed by atoms with Crippen LogP contribution in [-0.4, -0.2) is 23.4 Å². The number of ether oxygens (including phenoxy) is 2. The minimum atomic E-state index is -0.731. The molecule has 0 radical (unpaired) electrons. The van der Waals surface area contributed by atoms with E-state index < -0.39 is 23.4 Å². The summed E-state index contributed by atoms with van der Waals surface area (Å²) in [5.41, 5.74) is 2.82. The Balaban J connectivity index is 3.54. The van der Waals surface area contributed by atoms with Gasteiger partial charge in [-0.05, 0) is 41.5 Å². The van der Waals surface area contributed by atoms with Crippen molar-refractivity contribution in [2.45, 2.75) is 52.7 Å². The van der Waals surface area contributed by atoms with E-state index in [-0.39, 0.29) is 0 Å². The summed E-state index contributed by atoms with van der Waals surface area (Å²) in [5, 5.41) is 0. The molecule has 2 N–H and O–H groups in total. The number of hydrogen-bond donors (Lipinski definition) is 2. The van der Waals surface area contributed by atoms with Gasteiger partial charge in [0.25, 0.3) is 0 Å². The molecule has 8 nitrogen and oxygen atoms in total. The maximum Gasteiger partial charge on any atom is 0.432 e. The molecule has 0 heterocycles. The summed E-state index contributed by atoms with van der Waals surface area (Å²) in [6, 6.07) is 0. The standard InChI is InChI=1S/C10H20N2O6S2/c1-9(2,3)15-7(13)11-17-19-20-18-12-8(14)16-10(4,5)6/h1-6H3,(H,11,13)(H,12,14). The van der Waals surface area contributed by atoms with E-state index in [0.717, 1.165) is 0 Å². The highest BCUT2D eigenvalue weighted by atomic mass is 33.1. The predicted octanol–water partition coefficient (Wildman–Crippen LogP) is 3.11. The maximum absolute atomic E-state index is 11.1. The topological polar surface area (TPSA) is 95.1 Å². The number of carbonyl (C=O) groups excluding carboxylic acids is 2. The third-order valence-electron chi connectivity index (χ3n) is 1.14. The molecular formula is C10H20N2O6S2.